The van der Waals surface area contributed by atoms with Crippen molar-refractivity contribution < 1.29 is 178 Å². The maximum absolute atomic E-state index is 13.9. The molecule has 21 fully saturated rings. The number of aliphatic hydroxyl groups excluding tert-OH is 20. The standard InChI is InChI=1S/C58H80N2O36/c61-12-24-45-32(69)39(76)54(84-24)92-47-26(14-63)86-56(41(78)34(47)71)94-49-28(16-65)88-58(43(80)36(49)73)95-50-29(17-66)87-57(42(79)35(50)72)93-48-27(15-64)85-55(40(77)33(48)70)91-46-25(13-62)83-53(38(75)31(46)68)89-44-23(82-52(90-45)37(74)30(44)67)11-59-51(81)22-10-21(60-96-22)20-8-6-19(7-9-20)18-4-2-1-3-5-18/h1-10,23-50,52-58,61-80H,11-17H2,(H,59,81)/t23-,24-,25-,26-,27-,28-,29-,30-,31-,32+,33-,34-,35-,36-,37-,38-,39-,40-,41-,42-,43-,44-,45-,46-,47-,48-,49-,50-,52-,53-,54-,55-,56-,57-,58-/m1/s1. The van der Waals surface area contributed by atoms with Gasteiger partial charge in [-0.3, -0.25) is 4.79 Å². The van der Waals surface area contributed by atoms with Crippen LogP contribution in [0.15, 0.2) is 65.2 Å². The van der Waals surface area contributed by atoms with Gasteiger partial charge in [0.1, 0.15) is 177 Å². The Balaban J connectivity index is 0.875. The first-order valence-corrected chi connectivity index (χ1v) is 30.8. The van der Waals surface area contributed by atoms with Crippen LogP contribution in [0.4, 0.5) is 0 Å². The molecule has 0 radical (unpaired) electrons. The molecule has 38 heteroatoms. The van der Waals surface area contributed by atoms with Crippen LogP contribution in [-0.2, 0) is 66.3 Å². The molecule has 24 rings (SSSR count). The first kappa shape index (κ1) is 73.0. The molecule has 0 spiro atoms. The van der Waals surface area contributed by atoms with Gasteiger partial charge in [-0.05, 0) is 11.1 Å². The fourth-order valence-corrected chi connectivity index (χ4v) is 12.7. The van der Waals surface area contributed by atoms with E-state index in [1.165, 1.54) is 6.07 Å². The van der Waals surface area contributed by atoms with E-state index in [0.717, 1.165) is 11.1 Å². The summed E-state index contributed by atoms with van der Waals surface area (Å²) in [7, 11) is 0. The third kappa shape index (κ3) is 14.6. The molecule has 22 heterocycles. The number of carbonyl (C=O) groups is 1. The van der Waals surface area contributed by atoms with Crippen LogP contribution in [0.1, 0.15) is 10.6 Å². The highest BCUT2D eigenvalue weighted by Gasteiger charge is 2.60. The average Bonchev–Trinajstić information content (AvgIpc) is 1.01. The summed E-state index contributed by atoms with van der Waals surface area (Å²) in [6.07, 6.45) is -72.1. The maximum atomic E-state index is 13.9. The Morgan fingerprint density at radius 2 is 0.552 bits per heavy atom. The zero-order chi connectivity index (χ0) is 68.7. The van der Waals surface area contributed by atoms with Gasteiger partial charge in [0, 0.05) is 18.2 Å². The van der Waals surface area contributed by atoms with Crippen LogP contribution >= 0.6 is 0 Å². The highest BCUT2D eigenvalue weighted by molar-refractivity contribution is 5.92. The van der Waals surface area contributed by atoms with Crippen molar-refractivity contribution in [3.8, 4) is 22.4 Å². The number of hydrogen-bond donors (Lipinski definition) is 21. The summed E-state index contributed by atoms with van der Waals surface area (Å²) in [5, 5.41) is 232. The molecule has 21 saturated heterocycles. The number of benzene rings is 2. The van der Waals surface area contributed by atoms with Crippen LogP contribution in [0.5, 0.6) is 0 Å². The van der Waals surface area contributed by atoms with Crippen LogP contribution in [0.3, 0.4) is 0 Å². The topological polar surface area (TPSA) is 589 Å². The van der Waals surface area contributed by atoms with Gasteiger partial charge in [-0.2, -0.15) is 0 Å². The minimum atomic E-state index is -2.30. The summed E-state index contributed by atoms with van der Waals surface area (Å²) in [6, 6.07) is 17.9. The summed E-state index contributed by atoms with van der Waals surface area (Å²) in [5.41, 5.74) is 2.60. The van der Waals surface area contributed by atoms with E-state index in [0.29, 0.717) is 5.56 Å². The van der Waals surface area contributed by atoms with Crippen molar-refractivity contribution in [2.45, 2.75) is 215 Å². The Labute approximate surface area is 542 Å². The van der Waals surface area contributed by atoms with Gasteiger partial charge in [0.25, 0.3) is 5.91 Å². The van der Waals surface area contributed by atoms with Gasteiger partial charge in [0.15, 0.2) is 44.0 Å². The molecular formula is C58H80N2O36. The summed E-state index contributed by atoms with van der Waals surface area (Å²) in [5.74, 6) is -1.31. The second-order valence-corrected chi connectivity index (χ2v) is 24.2. The van der Waals surface area contributed by atoms with E-state index < -0.39 is 267 Å². The van der Waals surface area contributed by atoms with Crippen molar-refractivity contribution in [1.29, 1.82) is 0 Å². The molecule has 21 aliphatic rings. The average molecular weight is 1380 g/mol. The Hall–Kier alpha value is -4.24. The lowest BCUT2D eigenvalue weighted by Gasteiger charge is -2.50. The van der Waals surface area contributed by atoms with Gasteiger partial charge < -0.3 is 178 Å². The number of nitrogens with zero attached hydrogens (tertiary/aromatic N) is 1. The lowest BCUT2D eigenvalue weighted by Crippen LogP contribution is -2.68. The molecule has 538 valence electrons. The normalized spacial score (nSPS) is 46.6. The van der Waals surface area contributed by atoms with Crippen molar-refractivity contribution in [2.75, 3.05) is 46.2 Å². The second-order valence-electron chi connectivity index (χ2n) is 24.2. The number of rotatable bonds is 11. The lowest BCUT2D eigenvalue weighted by molar-refractivity contribution is -0.396. The second kappa shape index (κ2) is 31.3. The fourth-order valence-electron chi connectivity index (χ4n) is 12.7. The molecule has 0 saturated carbocycles. The van der Waals surface area contributed by atoms with Gasteiger partial charge in [-0.1, -0.05) is 59.8 Å². The molecule has 2 aromatic carbocycles. The number of ether oxygens (including phenoxy) is 14. The number of aromatic nitrogens is 1. The predicted molar refractivity (Wildman–Crippen MR) is 301 cm³/mol. The monoisotopic (exact) mass is 1380 g/mol. The number of carbonyl (C=O) groups excluding carboxylic acids is 1. The van der Waals surface area contributed by atoms with E-state index in [2.05, 4.69) is 10.5 Å². The molecule has 0 unspecified atom stereocenters. The van der Waals surface area contributed by atoms with E-state index in [1.807, 2.05) is 42.5 Å². The molecule has 1 amide bonds. The maximum Gasteiger partial charge on any atom is 0.290 e. The summed E-state index contributed by atoms with van der Waals surface area (Å²) < 4.78 is 86.8. The zero-order valence-electron chi connectivity index (χ0n) is 50.4. The first-order chi connectivity index (χ1) is 46.0. The molecule has 21 aliphatic heterocycles. The quantitative estimate of drug-likeness (QED) is 0.0848. The number of aliphatic hydroxyl groups is 20. The van der Waals surface area contributed by atoms with Gasteiger partial charge >= 0.3 is 0 Å². The van der Waals surface area contributed by atoms with Crippen molar-refractivity contribution in [3.05, 3.63) is 66.4 Å². The van der Waals surface area contributed by atoms with Crippen LogP contribution in [0, 0.1) is 0 Å². The summed E-state index contributed by atoms with van der Waals surface area (Å²) >= 11 is 0. The molecule has 1 aromatic heterocycles. The lowest BCUT2D eigenvalue weighted by atomic mass is 9.95. The summed E-state index contributed by atoms with van der Waals surface area (Å²) in [4.78, 5) is 13.9. The molecule has 96 heavy (non-hydrogen) atoms. The van der Waals surface area contributed by atoms with Gasteiger partial charge in [0.05, 0.1) is 39.6 Å². The van der Waals surface area contributed by atoms with Crippen molar-refractivity contribution >= 4 is 5.91 Å². The molecular weight excluding hydrogens is 1300 g/mol. The molecule has 0 aliphatic carbocycles. The van der Waals surface area contributed by atoms with Crippen LogP contribution in [-0.4, -0.2) is 374 Å². The smallest absolute Gasteiger partial charge is 0.290 e. The van der Waals surface area contributed by atoms with Crippen LogP contribution in [0.25, 0.3) is 22.4 Å². The minimum absolute atomic E-state index is 0.231. The largest absolute Gasteiger partial charge is 0.394 e. The summed E-state index contributed by atoms with van der Waals surface area (Å²) in [6.45, 7) is -7.21. The first-order valence-electron chi connectivity index (χ1n) is 30.8. The van der Waals surface area contributed by atoms with E-state index in [1.54, 1.807) is 12.1 Å². The van der Waals surface area contributed by atoms with Crippen molar-refractivity contribution in [1.82, 2.24) is 10.5 Å². The van der Waals surface area contributed by atoms with Gasteiger partial charge in [-0.25, -0.2) is 0 Å². The molecule has 3 aromatic rings. The van der Waals surface area contributed by atoms with E-state index >= 15 is 0 Å². The van der Waals surface area contributed by atoms with Crippen molar-refractivity contribution in [3.63, 3.8) is 0 Å². The number of nitrogens with one attached hydrogen (secondary N) is 1. The predicted octanol–water partition coefficient (Wildman–Crippen LogP) is -11.5. The number of amides is 1. The van der Waals surface area contributed by atoms with Gasteiger partial charge in [-0.15, -0.1) is 0 Å². The Kier molecular flexibility index (Phi) is 23.8. The highest BCUT2D eigenvalue weighted by Crippen LogP contribution is 2.39. The SMILES string of the molecule is O=C(NC[C@H]1O[C@@H]2O[C@H]3[C@@H](O)[C@@H](O)[C@@H](O[C@H]4[C@H](O)[C@@H](O)[C@@H](O[C@H]5[C@H](O)[C@@H](O)[C@@H](O[C@H]6[C@H](O)[C@@H](O)[C@@H](O[C@H]7[C@H](O)[C@@H](O)[C@@H](O[C@H]8[C@H](O)[C@@H](O)[C@@H](O[C@H]1[C@H](O)[C@H]2O)O[C@@H]8CO)O[C@@H]7CO)O[C@@H]6CO)O[C@@H]5CO)O[C@@H]4CO)O[C@@H]3CO)c1cc(-c2ccc(-c3ccccc3)cc2)no1. The van der Waals surface area contributed by atoms with Crippen molar-refractivity contribution in [2.24, 2.45) is 0 Å². The highest BCUT2D eigenvalue weighted by atomic mass is 16.8. The number of hydrogen-bond acceptors (Lipinski definition) is 37. The molecule has 21 N–H and O–H groups in total. The molecule has 38 nitrogen and oxygen atoms in total. The van der Waals surface area contributed by atoms with E-state index in [-0.39, 0.29) is 11.5 Å². The molecule has 35 atom stereocenters. The Bertz CT molecular complexity index is 2930. The Morgan fingerprint density at radius 3 is 0.823 bits per heavy atom. The third-order valence-corrected chi connectivity index (χ3v) is 18.1. The van der Waals surface area contributed by atoms with Crippen LogP contribution in [0.2, 0.25) is 0 Å². The van der Waals surface area contributed by atoms with E-state index in [9.17, 15) is 107 Å². The third-order valence-electron chi connectivity index (χ3n) is 18.1. The van der Waals surface area contributed by atoms with Crippen LogP contribution < -0.4 is 5.32 Å². The fraction of sp³-hybridized carbons (Fsp3) is 0.724. The van der Waals surface area contributed by atoms with Gasteiger partial charge in [0.2, 0.25) is 5.76 Å². The van der Waals surface area contributed by atoms with E-state index in [4.69, 9.17) is 70.8 Å². The molecule has 14 bridgehead atoms. The Morgan fingerprint density at radius 1 is 0.312 bits per heavy atom. The zero-order valence-corrected chi connectivity index (χ0v) is 50.4. The minimum Gasteiger partial charge on any atom is -0.394 e.